The number of carbonyl (C=O) groups excluding carboxylic acids is 1. The predicted octanol–water partition coefficient (Wildman–Crippen LogP) is 3.48. The molecule has 0 bridgehead atoms. The average Bonchev–Trinajstić information content (AvgIpc) is 2.22. The van der Waals surface area contributed by atoms with Crippen molar-refractivity contribution in [1.29, 1.82) is 0 Å². The predicted molar refractivity (Wildman–Crippen MR) is 78.2 cm³/mol. The maximum atomic E-state index is 11.6. The van der Waals surface area contributed by atoms with E-state index < -0.39 is 17.3 Å². The summed E-state index contributed by atoms with van der Waals surface area (Å²) in [7, 11) is 0. The zero-order valence-electron chi connectivity index (χ0n) is 13.4. The van der Waals surface area contributed by atoms with Gasteiger partial charge in [-0.25, -0.2) is 4.79 Å². The number of hydrogen-bond acceptors (Lipinski definition) is 3. The summed E-state index contributed by atoms with van der Waals surface area (Å²) in [5.41, 5.74) is -1.33. The smallest absolute Gasteiger partial charge is 0.407 e. The largest absolute Gasteiger partial charge is 0.444 e. The van der Waals surface area contributed by atoms with E-state index in [9.17, 15) is 9.90 Å². The number of alkyl carbamates (subject to hydrolysis) is 1. The number of amides is 1. The number of ether oxygens (including phenoxy) is 1. The molecule has 4 nitrogen and oxygen atoms in total. The van der Waals surface area contributed by atoms with Crippen LogP contribution in [-0.2, 0) is 4.74 Å². The lowest BCUT2D eigenvalue weighted by atomic mass is 9.89. The first-order valence-electron chi connectivity index (χ1n) is 7.27. The van der Waals surface area contributed by atoms with Crippen LogP contribution in [0.5, 0.6) is 0 Å². The van der Waals surface area contributed by atoms with E-state index in [2.05, 4.69) is 19.2 Å². The van der Waals surface area contributed by atoms with Crippen molar-refractivity contribution < 1.29 is 14.6 Å². The van der Waals surface area contributed by atoms with Crippen LogP contribution in [0.25, 0.3) is 0 Å². The van der Waals surface area contributed by atoms with Crippen molar-refractivity contribution in [2.24, 2.45) is 5.92 Å². The minimum Gasteiger partial charge on any atom is -0.444 e. The molecule has 0 aliphatic rings. The Morgan fingerprint density at radius 3 is 2.26 bits per heavy atom. The summed E-state index contributed by atoms with van der Waals surface area (Å²) in [4.78, 5) is 11.6. The average molecular weight is 273 g/mol. The standard InChI is InChI=1S/C15H31NO3/c1-7-9-15(18,10-8-12(2)3)11-16-13(17)19-14(4,5)6/h12,18H,7-11H2,1-6H3,(H,16,17). The number of carbonyl (C=O) groups is 1. The Kier molecular flexibility index (Phi) is 7.42. The zero-order chi connectivity index (χ0) is 15.1. The fraction of sp³-hybridized carbons (Fsp3) is 0.933. The van der Waals surface area contributed by atoms with Crippen molar-refractivity contribution >= 4 is 6.09 Å². The highest BCUT2D eigenvalue weighted by molar-refractivity contribution is 5.67. The van der Waals surface area contributed by atoms with Gasteiger partial charge in [0.1, 0.15) is 5.60 Å². The minimum atomic E-state index is -0.823. The fourth-order valence-electron chi connectivity index (χ4n) is 1.88. The summed E-state index contributed by atoms with van der Waals surface area (Å²) in [5, 5.41) is 13.2. The molecule has 0 radical (unpaired) electrons. The molecule has 0 aromatic rings. The van der Waals surface area contributed by atoms with E-state index >= 15 is 0 Å². The fourth-order valence-corrected chi connectivity index (χ4v) is 1.88. The van der Waals surface area contributed by atoms with Gasteiger partial charge >= 0.3 is 6.09 Å². The van der Waals surface area contributed by atoms with Crippen molar-refractivity contribution in [3.63, 3.8) is 0 Å². The molecule has 0 aromatic carbocycles. The third-order valence-electron chi connectivity index (χ3n) is 2.86. The molecule has 19 heavy (non-hydrogen) atoms. The van der Waals surface area contributed by atoms with Crippen molar-refractivity contribution in [3.8, 4) is 0 Å². The van der Waals surface area contributed by atoms with Crippen molar-refractivity contribution in [2.75, 3.05) is 6.54 Å². The Hall–Kier alpha value is -0.770. The topological polar surface area (TPSA) is 58.6 Å². The van der Waals surface area contributed by atoms with Crippen LogP contribution in [0.15, 0.2) is 0 Å². The first-order valence-corrected chi connectivity index (χ1v) is 7.27. The van der Waals surface area contributed by atoms with E-state index in [-0.39, 0.29) is 6.54 Å². The molecule has 0 aliphatic carbocycles. The summed E-state index contributed by atoms with van der Waals surface area (Å²) < 4.78 is 5.18. The maximum absolute atomic E-state index is 11.6. The molecule has 0 fully saturated rings. The highest BCUT2D eigenvalue weighted by atomic mass is 16.6. The summed E-state index contributed by atoms with van der Waals surface area (Å²) in [6.07, 6.45) is 2.77. The van der Waals surface area contributed by atoms with Crippen LogP contribution in [0.1, 0.15) is 67.2 Å². The minimum absolute atomic E-state index is 0.252. The van der Waals surface area contributed by atoms with E-state index in [1.54, 1.807) is 0 Å². The van der Waals surface area contributed by atoms with Crippen LogP contribution < -0.4 is 5.32 Å². The van der Waals surface area contributed by atoms with Crippen molar-refractivity contribution in [3.05, 3.63) is 0 Å². The van der Waals surface area contributed by atoms with Crippen LogP contribution in [0.4, 0.5) is 4.79 Å². The monoisotopic (exact) mass is 273 g/mol. The third kappa shape index (κ3) is 9.77. The molecule has 4 heteroatoms. The molecule has 1 unspecified atom stereocenters. The number of aliphatic hydroxyl groups is 1. The van der Waals surface area contributed by atoms with Crippen molar-refractivity contribution in [1.82, 2.24) is 5.32 Å². The third-order valence-corrected chi connectivity index (χ3v) is 2.86. The maximum Gasteiger partial charge on any atom is 0.407 e. The van der Waals surface area contributed by atoms with E-state index in [0.717, 1.165) is 12.8 Å². The highest BCUT2D eigenvalue weighted by Gasteiger charge is 2.27. The van der Waals surface area contributed by atoms with Gasteiger partial charge in [-0.3, -0.25) is 0 Å². The Labute approximate surface area is 117 Å². The summed E-state index contributed by atoms with van der Waals surface area (Å²) >= 11 is 0. The SMILES string of the molecule is CCCC(O)(CCC(C)C)CNC(=O)OC(C)(C)C. The Morgan fingerprint density at radius 1 is 1.26 bits per heavy atom. The van der Waals surface area contributed by atoms with Gasteiger partial charge in [0.25, 0.3) is 0 Å². The number of hydrogen-bond donors (Lipinski definition) is 2. The molecule has 0 saturated carbocycles. The molecule has 2 N–H and O–H groups in total. The van der Waals surface area contributed by atoms with E-state index in [0.29, 0.717) is 18.8 Å². The second kappa shape index (κ2) is 7.73. The van der Waals surface area contributed by atoms with Gasteiger partial charge in [-0.2, -0.15) is 0 Å². The van der Waals surface area contributed by atoms with Gasteiger partial charge in [-0.1, -0.05) is 27.2 Å². The second-order valence-electron chi connectivity index (χ2n) is 6.76. The Bertz CT molecular complexity index is 271. The second-order valence-corrected chi connectivity index (χ2v) is 6.76. The van der Waals surface area contributed by atoms with Gasteiger partial charge in [0, 0.05) is 6.54 Å². The molecule has 1 atom stereocenters. The van der Waals surface area contributed by atoms with Gasteiger partial charge in [0.05, 0.1) is 5.60 Å². The number of rotatable bonds is 7. The summed E-state index contributed by atoms with van der Waals surface area (Å²) in [6, 6.07) is 0. The molecular formula is C15H31NO3. The van der Waals surface area contributed by atoms with Gasteiger partial charge < -0.3 is 15.2 Å². The van der Waals surface area contributed by atoms with Crippen molar-refractivity contribution in [2.45, 2.75) is 78.4 Å². The van der Waals surface area contributed by atoms with Crippen LogP contribution in [0, 0.1) is 5.92 Å². The molecule has 1 amide bonds. The first-order chi connectivity index (χ1) is 8.58. The van der Waals surface area contributed by atoms with E-state index in [4.69, 9.17) is 4.74 Å². The molecule has 0 rings (SSSR count). The lowest BCUT2D eigenvalue weighted by Gasteiger charge is -2.29. The van der Waals surface area contributed by atoms with E-state index in [1.807, 2.05) is 27.7 Å². The summed E-state index contributed by atoms with van der Waals surface area (Å²) in [5.74, 6) is 0.546. The van der Waals surface area contributed by atoms with E-state index in [1.165, 1.54) is 0 Å². The van der Waals surface area contributed by atoms with Crippen LogP contribution in [0.2, 0.25) is 0 Å². The summed E-state index contributed by atoms with van der Waals surface area (Å²) in [6.45, 7) is 12.0. The molecule has 0 spiro atoms. The van der Waals surface area contributed by atoms with Crippen LogP contribution in [0.3, 0.4) is 0 Å². The van der Waals surface area contributed by atoms with Crippen LogP contribution in [-0.4, -0.2) is 28.9 Å². The molecule has 0 saturated heterocycles. The Balaban J connectivity index is 4.30. The zero-order valence-corrected chi connectivity index (χ0v) is 13.4. The number of nitrogens with one attached hydrogen (secondary N) is 1. The normalized spacial score (nSPS) is 15.2. The highest BCUT2D eigenvalue weighted by Crippen LogP contribution is 2.21. The Morgan fingerprint density at radius 2 is 1.84 bits per heavy atom. The van der Waals surface area contributed by atoms with Gasteiger partial charge in [0.2, 0.25) is 0 Å². The lowest BCUT2D eigenvalue weighted by Crippen LogP contribution is -2.44. The van der Waals surface area contributed by atoms with Gasteiger partial charge in [0.15, 0.2) is 0 Å². The molecule has 114 valence electrons. The first kappa shape index (κ1) is 18.2. The quantitative estimate of drug-likeness (QED) is 0.746. The molecule has 0 aromatic heterocycles. The molecular weight excluding hydrogens is 242 g/mol. The lowest BCUT2D eigenvalue weighted by molar-refractivity contribution is 0.00865. The van der Waals surface area contributed by atoms with Gasteiger partial charge in [-0.15, -0.1) is 0 Å². The van der Waals surface area contributed by atoms with Crippen LogP contribution >= 0.6 is 0 Å². The molecule has 0 heterocycles. The van der Waals surface area contributed by atoms with Gasteiger partial charge in [-0.05, 0) is 46.0 Å². The molecule has 0 aliphatic heterocycles.